The first-order valence-electron chi connectivity index (χ1n) is 9.29. The summed E-state index contributed by atoms with van der Waals surface area (Å²) >= 11 is 0. The van der Waals surface area contributed by atoms with Crippen molar-refractivity contribution < 1.29 is 4.79 Å². The van der Waals surface area contributed by atoms with E-state index in [2.05, 4.69) is 27.9 Å². The molecule has 2 N–H and O–H groups in total. The monoisotopic (exact) mass is 365 g/mol. The highest BCUT2D eigenvalue weighted by atomic mass is 16.2. The molecule has 1 aromatic carbocycles. The van der Waals surface area contributed by atoms with Gasteiger partial charge >= 0.3 is 0 Å². The number of hydrogen-bond acceptors (Lipinski definition) is 4. The first-order valence-corrected chi connectivity index (χ1v) is 9.29. The molecule has 3 aromatic rings. The van der Waals surface area contributed by atoms with Crippen molar-refractivity contribution in [1.82, 2.24) is 24.8 Å². The Balaban J connectivity index is 1.50. The molecule has 3 heterocycles. The molecule has 1 aliphatic rings. The Morgan fingerprint density at radius 1 is 1.30 bits per heavy atom. The average Bonchev–Trinajstić information content (AvgIpc) is 3.10. The molecule has 4 rings (SSSR count). The maximum absolute atomic E-state index is 12.7. The first-order chi connectivity index (χ1) is 13.0. The van der Waals surface area contributed by atoms with Gasteiger partial charge in [0, 0.05) is 30.8 Å². The van der Waals surface area contributed by atoms with E-state index in [0.717, 1.165) is 35.3 Å². The Labute approximate surface area is 156 Å². The summed E-state index contributed by atoms with van der Waals surface area (Å²) < 4.78 is 0. The molecule has 0 unspecified atom stereocenters. The third-order valence-electron chi connectivity index (χ3n) is 5.24. The van der Waals surface area contributed by atoms with Crippen LogP contribution < -0.4 is 5.56 Å². The van der Waals surface area contributed by atoms with Crippen LogP contribution >= 0.6 is 0 Å². The lowest BCUT2D eigenvalue weighted by Gasteiger charge is -2.32. The number of para-hydroxylation sites is 1. The van der Waals surface area contributed by atoms with E-state index >= 15 is 0 Å². The number of carbonyl (C=O) groups is 1. The second-order valence-corrected chi connectivity index (χ2v) is 7.27. The van der Waals surface area contributed by atoms with E-state index in [1.54, 1.807) is 6.92 Å². The maximum atomic E-state index is 12.7. The van der Waals surface area contributed by atoms with Crippen LogP contribution in [0, 0.1) is 13.8 Å². The molecule has 0 aliphatic carbocycles. The van der Waals surface area contributed by atoms with Gasteiger partial charge < -0.3 is 14.9 Å². The van der Waals surface area contributed by atoms with Gasteiger partial charge in [0.15, 0.2) is 0 Å². The van der Waals surface area contributed by atoms with Crippen molar-refractivity contribution in [2.45, 2.75) is 39.0 Å². The number of rotatable bonds is 3. The molecule has 140 valence electrons. The summed E-state index contributed by atoms with van der Waals surface area (Å²) in [5.41, 5.74) is 3.34. The molecule has 27 heavy (non-hydrogen) atoms. The van der Waals surface area contributed by atoms with E-state index in [0.29, 0.717) is 24.5 Å². The van der Waals surface area contributed by atoms with Gasteiger partial charge in [-0.1, -0.05) is 12.1 Å². The van der Waals surface area contributed by atoms with Gasteiger partial charge in [-0.2, -0.15) is 0 Å². The molecule has 1 saturated heterocycles. The van der Waals surface area contributed by atoms with E-state index in [-0.39, 0.29) is 23.8 Å². The summed E-state index contributed by atoms with van der Waals surface area (Å²) in [4.78, 5) is 41.5. The number of imidazole rings is 1. The van der Waals surface area contributed by atoms with Crippen LogP contribution in [0.1, 0.15) is 41.5 Å². The number of aryl methyl sites for hydroxylation is 2. The van der Waals surface area contributed by atoms with Crippen molar-refractivity contribution >= 4 is 16.9 Å². The zero-order valence-electron chi connectivity index (χ0n) is 15.6. The molecule has 1 fully saturated rings. The minimum atomic E-state index is -0.239. The molecule has 7 nitrogen and oxygen atoms in total. The molecular weight excluding hydrogens is 342 g/mol. The van der Waals surface area contributed by atoms with Gasteiger partial charge in [-0.3, -0.25) is 9.59 Å². The number of aromatic amines is 2. The van der Waals surface area contributed by atoms with E-state index in [9.17, 15) is 9.59 Å². The van der Waals surface area contributed by atoms with Gasteiger partial charge in [0.25, 0.3) is 5.56 Å². The molecular formula is C20H23N5O2. The van der Waals surface area contributed by atoms with E-state index in [4.69, 9.17) is 4.98 Å². The number of carbonyl (C=O) groups excluding carboxylic acids is 1. The van der Waals surface area contributed by atoms with Gasteiger partial charge in [-0.05, 0) is 38.3 Å². The number of piperidine rings is 1. The summed E-state index contributed by atoms with van der Waals surface area (Å²) in [6, 6.07) is 6.10. The van der Waals surface area contributed by atoms with Crippen LogP contribution in [-0.2, 0) is 11.2 Å². The largest absolute Gasteiger partial charge is 0.342 e. The quantitative estimate of drug-likeness (QED) is 0.744. The van der Waals surface area contributed by atoms with Crippen molar-refractivity contribution in [2.24, 2.45) is 0 Å². The number of benzene rings is 1. The number of hydrogen-bond donors (Lipinski definition) is 2. The van der Waals surface area contributed by atoms with Crippen LogP contribution in [0.15, 0.2) is 29.2 Å². The molecule has 1 aliphatic heterocycles. The maximum Gasteiger partial charge on any atom is 0.254 e. The fourth-order valence-electron chi connectivity index (χ4n) is 3.73. The summed E-state index contributed by atoms with van der Waals surface area (Å²) in [5, 5.41) is 0. The highest BCUT2D eigenvalue weighted by Crippen LogP contribution is 2.27. The SMILES string of the molecule is Cc1ncc(CC(=O)N2CCC[C@@H](c3nc4c(C)cccc4[nH]3)C2)c(=O)[nH]1. The van der Waals surface area contributed by atoms with Crippen LogP contribution in [0.2, 0.25) is 0 Å². The fraction of sp³-hybridized carbons (Fsp3) is 0.400. The molecule has 2 aromatic heterocycles. The van der Waals surface area contributed by atoms with Gasteiger partial charge in [0.2, 0.25) is 5.91 Å². The molecule has 1 amide bonds. The van der Waals surface area contributed by atoms with Crippen LogP contribution in [0.25, 0.3) is 11.0 Å². The van der Waals surface area contributed by atoms with Crippen molar-refractivity contribution in [3.8, 4) is 0 Å². The zero-order chi connectivity index (χ0) is 19.0. The van der Waals surface area contributed by atoms with Crippen LogP contribution in [0.5, 0.6) is 0 Å². The highest BCUT2D eigenvalue weighted by Gasteiger charge is 2.27. The number of nitrogens with one attached hydrogen (secondary N) is 2. The number of fused-ring (bicyclic) bond motifs is 1. The Morgan fingerprint density at radius 2 is 2.15 bits per heavy atom. The second kappa shape index (κ2) is 6.98. The van der Waals surface area contributed by atoms with Crippen LogP contribution in [-0.4, -0.2) is 43.8 Å². The number of aromatic nitrogens is 4. The molecule has 7 heteroatoms. The van der Waals surface area contributed by atoms with E-state index in [1.807, 2.05) is 17.0 Å². The smallest absolute Gasteiger partial charge is 0.254 e. The molecule has 0 saturated carbocycles. The molecule has 0 radical (unpaired) electrons. The van der Waals surface area contributed by atoms with E-state index in [1.165, 1.54) is 6.20 Å². The van der Waals surface area contributed by atoms with Gasteiger partial charge in [-0.15, -0.1) is 0 Å². The molecule has 0 bridgehead atoms. The minimum absolute atomic E-state index is 0.0388. The summed E-state index contributed by atoms with van der Waals surface area (Å²) in [6.45, 7) is 5.11. The second-order valence-electron chi connectivity index (χ2n) is 7.27. The predicted molar refractivity (Wildman–Crippen MR) is 103 cm³/mol. The number of likely N-dealkylation sites (tertiary alicyclic amines) is 1. The standard InChI is InChI=1S/C20H23N5O2/c1-12-5-3-7-16-18(12)24-19(23-16)14-6-4-8-25(11-14)17(26)9-15-10-21-13(2)22-20(15)27/h3,5,7,10,14H,4,6,8-9,11H2,1-2H3,(H,23,24)(H,21,22,27)/t14-/m1/s1. The van der Waals surface area contributed by atoms with Gasteiger partial charge in [0.1, 0.15) is 11.6 Å². The lowest BCUT2D eigenvalue weighted by atomic mass is 9.97. The van der Waals surface area contributed by atoms with Crippen molar-refractivity contribution in [2.75, 3.05) is 13.1 Å². The molecule has 0 spiro atoms. The Hall–Kier alpha value is -2.96. The number of nitrogens with zero attached hydrogens (tertiary/aromatic N) is 3. The van der Waals surface area contributed by atoms with E-state index < -0.39 is 0 Å². The number of amides is 1. The first kappa shape index (κ1) is 17.5. The third kappa shape index (κ3) is 3.49. The lowest BCUT2D eigenvalue weighted by Crippen LogP contribution is -2.40. The zero-order valence-corrected chi connectivity index (χ0v) is 15.6. The minimum Gasteiger partial charge on any atom is -0.342 e. The highest BCUT2D eigenvalue weighted by molar-refractivity contribution is 5.79. The van der Waals surface area contributed by atoms with Crippen LogP contribution in [0.3, 0.4) is 0 Å². The normalized spacial score (nSPS) is 17.4. The van der Waals surface area contributed by atoms with Gasteiger partial charge in [-0.25, -0.2) is 9.97 Å². The van der Waals surface area contributed by atoms with Crippen molar-refractivity contribution in [3.05, 3.63) is 57.5 Å². The summed E-state index contributed by atoms with van der Waals surface area (Å²) in [7, 11) is 0. The van der Waals surface area contributed by atoms with Crippen molar-refractivity contribution in [3.63, 3.8) is 0 Å². The van der Waals surface area contributed by atoms with Gasteiger partial charge in [0.05, 0.1) is 17.5 Å². The Morgan fingerprint density at radius 3 is 2.93 bits per heavy atom. The predicted octanol–water partition coefficient (Wildman–Crippen LogP) is 2.21. The lowest BCUT2D eigenvalue weighted by molar-refractivity contribution is -0.131. The Bertz CT molecular complexity index is 1050. The molecule has 1 atom stereocenters. The number of H-pyrrole nitrogens is 2. The third-order valence-corrected chi connectivity index (χ3v) is 5.24. The average molecular weight is 365 g/mol. The van der Waals surface area contributed by atoms with Crippen molar-refractivity contribution in [1.29, 1.82) is 0 Å². The Kier molecular flexibility index (Phi) is 4.51. The van der Waals surface area contributed by atoms with Crippen LogP contribution in [0.4, 0.5) is 0 Å². The summed E-state index contributed by atoms with van der Waals surface area (Å²) in [6.07, 6.45) is 3.49. The topological polar surface area (TPSA) is 94.7 Å². The summed E-state index contributed by atoms with van der Waals surface area (Å²) in [5.74, 6) is 1.63. The fourth-order valence-corrected chi connectivity index (χ4v) is 3.73.